The molecule has 0 aliphatic heterocycles. The van der Waals surface area contributed by atoms with Gasteiger partial charge in [-0.2, -0.15) is 0 Å². The van der Waals surface area contributed by atoms with Crippen LogP contribution in [0.25, 0.3) is 0 Å². The topological polar surface area (TPSA) is 108 Å². The fraction of sp³-hybridized carbons (Fsp3) is 0.250. The first kappa shape index (κ1) is 35.0. The van der Waals surface area contributed by atoms with Crippen LogP contribution in [-0.2, 0) is 13.0 Å². The first-order valence-electron chi connectivity index (χ1n) is 15.0. The monoisotopic (exact) mass is 639 g/mol. The number of methoxy groups -OCH3 is 1. The number of aliphatic hydroxyl groups excluding tert-OH is 1. The van der Waals surface area contributed by atoms with E-state index >= 15 is 0 Å². The fourth-order valence-electron chi connectivity index (χ4n) is 5.15. The average Bonchev–Trinajstić information content (AvgIpc) is 3.04. The van der Waals surface area contributed by atoms with Crippen molar-refractivity contribution in [3.05, 3.63) is 136 Å². The van der Waals surface area contributed by atoms with Crippen molar-refractivity contribution in [1.82, 2.24) is 15.4 Å². The molecule has 8 nitrogen and oxygen atoms in total. The summed E-state index contributed by atoms with van der Waals surface area (Å²) in [6, 6.07) is 22.1. The zero-order valence-corrected chi connectivity index (χ0v) is 26.4. The van der Waals surface area contributed by atoms with Crippen LogP contribution in [0, 0.1) is 11.6 Å². The molecule has 242 valence electrons. The molecule has 11 heteroatoms. The molecule has 2 radical (unpaired) electrons. The maximum Gasteiger partial charge on any atom is 0.251 e. The van der Waals surface area contributed by atoms with E-state index < -0.39 is 35.6 Å². The zero-order chi connectivity index (χ0) is 34.1. The molecule has 0 aliphatic rings. The normalized spacial score (nSPS) is 13.0. The second kappa shape index (κ2) is 16.1. The number of hydrogen-bond donors (Lipinski definition) is 3. The van der Waals surface area contributed by atoms with Gasteiger partial charge in [0.1, 0.15) is 17.4 Å². The lowest BCUT2D eigenvalue weighted by Crippen LogP contribution is -2.49. The van der Waals surface area contributed by atoms with E-state index in [1.807, 2.05) is 43.3 Å². The van der Waals surface area contributed by atoms with Crippen LogP contribution < -0.4 is 15.4 Å². The number of carbonyl (C=O) groups is 3. The highest BCUT2D eigenvalue weighted by Gasteiger charge is 2.25. The Morgan fingerprint density at radius 1 is 0.830 bits per heavy atom. The van der Waals surface area contributed by atoms with Crippen LogP contribution in [0.3, 0.4) is 0 Å². The van der Waals surface area contributed by atoms with Crippen LogP contribution in [-0.4, -0.2) is 61.3 Å². The Morgan fingerprint density at radius 2 is 1.45 bits per heavy atom. The molecule has 0 saturated carbocycles. The molecule has 0 saturated heterocycles. The average molecular weight is 640 g/mol. The predicted molar refractivity (Wildman–Crippen MR) is 175 cm³/mol. The number of nitrogens with one attached hydrogen (secondary N) is 2. The van der Waals surface area contributed by atoms with Gasteiger partial charge in [0, 0.05) is 35.8 Å². The highest BCUT2D eigenvalue weighted by Crippen LogP contribution is 2.19. The number of nitrogens with zero attached hydrogens (tertiary/aromatic N) is 1. The van der Waals surface area contributed by atoms with Gasteiger partial charge in [-0.3, -0.25) is 14.4 Å². The van der Waals surface area contributed by atoms with E-state index in [4.69, 9.17) is 12.7 Å². The maximum atomic E-state index is 14.1. The van der Waals surface area contributed by atoms with Gasteiger partial charge in [-0.1, -0.05) is 42.5 Å². The van der Waals surface area contributed by atoms with Gasteiger partial charge in [-0.05, 0) is 79.4 Å². The van der Waals surface area contributed by atoms with Crippen molar-refractivity contribution in [2.24, 2.45) is 0 Å². The maximum absolute atomic E-state index is 14.1. The minimum atomic E-state index is -1.30. The molecule has 0 fully saturated rings. The lowest BCUT2D eigenvalue weighted by molar-refractivity contribution is 0.0779. The van der Waals surface area contributed by atoms with E-state index in [0.29, 0.717) is 5.75 Å². The smallest absolute Gasteiger partial charge is 0.251 e. The van der Waals surface area contributed by atoms with Crippen LogP contribution >= 0.6 is 0 Å². The molecule has 0 bridgehead atoms. The first-order valence-corrected chi connectivity index (χ1v) is 15.0. The van der Waals surface area contributed by atoms with Gasteiger partial charge in [0.25, 0.3) is 11.8 Å². The molecule has 0 aromatic heterocycles. The number of aliphatic hydroxyl groups is 1. The summed E-state index contributed by atoms with van der Waals surface area (Å²) in [6.07, 6.45) is -1.45. The van der Waals surface area contributed by atoms with Crippen molar-refractivity contribution in [1.29, 1.82) is 0 Å². The predicted octanol–water partition coefficient (Wildman–Crippen LogP) is 4.95. The van der Waals surface area contributed by atoms with Gasteiger partial charge in [0.15, 0.2) is 13.8 Å². The van der Waals surface area contributed by atoms with Crippen LogP contribution in [0.1, 0.15) is 67.7 Å². The lowest BCUT2D eigenvalue weighted by Gasteiger charge is -2.29. The molecule has 2 amide bonds. The van der Waals surface area contributed by atoms with Gasteiger partial charge in [0.05, 0.1) is 25.3 Å². The van der Waals surface area contributed by atoms with E-state index in [2.05, 4.69) is 10.6 Å². The summed E-state index contributed by atoms with van der Waals surface area (Å²) in [5, 5.41) is 16.9. The molecule has 4 aromatic carbocycles. The minimum Gasteiger partial charge on any atom is -0.497 e. The Morgan fingerprint density at radius 3 is 2.06 bits per heavy atom. The molecule has 0 spiro atoms. The van der Waals surface area contributed by atoms with E-state index in [1.54, 1.807) is 25.3 Å². The van der Waals surface area contributed by atoms with E-state index in [1.165, 1.54) is 29.9 Å². The molecule has 47 heavy (non-hydrogen) atoms. The largest absolute Gasteiger partial charge is 0.497 e. The Labute approximate surface area is 274 Å². The number of carbonyl (C=O) groups excluding carboxylic acids is 3. The van der Waals surface area contributed by atoms with E-state index in [9.17, 15) is 28.3 Å². The number of benzene rings is 4. The quantitative estimate of drug-likeness (QED) is 0.133. The highest BCUT2D eigenvalue weighted by atomic mass is 19.1. The second-order valence-electron chi connectivity index (χ2n) is 11.4. The molecular formula is C36H36BF2N3O5. The Kier molecular flexibility index (Phi) is 12.0. The first-order chi connectivity index (χ1) is 22.4. The number of halogens is 2. The minimum absolute atomic E-state index is 0.0150. The number of Topliss-reactive ketones (excluding diaryl/α,β-unsaturated/α-hetero) is 1. The summed E-state index contributed by atoms with van der Waals surface area (Å²) in [5.41, 5.74) is 2.06. The van der Waals surface area contributed by atoms with Crippen molar-refractivity contribution < 1.29 is 33.0 Å². The summed E-state index contributed by atoms with van der Waals surface area (Å²) in [4.78, 5) is 40.6. The van der Waals surface area contributed by atoms with Crippen molar-refractivity contribution >= 4 is 25.6 Å². The number of amides is 2. The zero-order valence-electron chi connectivity index (χ0n) is 26.4. The standard InChI is InChI=1S/C36H36BF2N3O5/c1-22(26-9-5-4-6-10-26)40-35(45)28-16-27(23(2)43)17-29(18-28)36(46)41-33(15-25-12-30(38)19-31(39)13-25)34(44)21-42(37)20-24-8-7-11-32(14-24)47-3/h4-14,16-19,22,33-34,44H,15,20-21H2,1-3H3,(H,40,45)(H,41,46)/t22-,33+,34-/m1/s1. The van der Waals surface area contributed by atoms with Crippen LogP contribution in [0.2, 0.25) is 0 Å². The third-order valence-electron chi connectivity index (χ3n) is 7.61. The highest BCUT2D eigenvalue weighted by molar-refractivity contribution is 6.05. The van der Waals surface area contributed by atoms with Crippen LogP contribution in [0.5, 0.6) is 5.75 Å². The van der Waals surface area contributed by atoms with Crippen LogP contribution in [0.4, 0.5) is 8.78 Å². The van der Waals surface area contributed by atoms with Crippen LogP contribution in [0.15, 0.2) is 91.0 Å². The Balaban J connectivity index is 1.57. The van der Waals surface area contributed by atoms with Gasteiger partial charge >= 0.3 is 0 Å². The summed E-state index contributed by atoms with van der Waals surface area (Å²) >= 11 is 0. The fourth-order valence-corrected chi connectivity index (χ4v) is 5.15. The van der Waals surface area contributed by atoms with Crippen molar-refractivity contribution in [2.45, 2.75) is 45.0 Å². The van der Waals surface area contributed by atoms with E-state index in [0.717, 1.165) is 29.3 Å². The van der Waals surface area contributed by atoms with E-state index in [-0.39, 0.29) is 53.6 Å². The molecule has 0 unspecified atom stereocenters. The molecule has 3 atom stereocenters. The van der Waals surface area contributed by atoms with Crippen molar-refractivity contribution in [3.8, 4) is 5.75 Å². The molecule has 0 aliphatic carbocycles. The lowest BCUT2D eigenvalue weighted by atomic mass is 9.97. The van der Waals surface area contributed by atoms with Gasteiger partial charge < -0.3 is 25.3 Å². The summed E-state index contributed by atoms with van der Waals surface area (Å²) in [5.74, 6) is -2.57. The third kappa shape index (κ3) is 10.1. The molecule has 4 rings (SSSR count). The second-order valence-corrected chi connectivity index (χ2v) is 11.4. The van der Waals surface area contributed by atoms with Crippen molar-refractivity contribution in [2.75, 3.05) is 13.7 Å². The summed E-state index contributed by atoms with van der Waals surface area (Å²) < 4.78 is 33.4. The van der Waals surface area contributed by atoms with Gasteiger partial charge in [0.2, 0.25) is 0 Å². The molecule has 3 N–H and O–H groups in total. The number of rotatable bonds is 14. The van der Waals surface area contributed by atoms with Gasteiger partial charge in [-0.25, -0.2) is 8.78 Å². The molecule has 0 heterocycles. The van der Waals surface area contributed by atoms with Gasteiger partial charge in [-0.15, -0.1) is 0 Å². The SMILES string of the molecule is [B]N(Cc1cccc(OC)c1)C[C@@H](O)[C@H](Cc1cc(F)cc(F)c1)NC(=O)c1cc(C(C)=O)cc(C(=O)N[C@H](C)c2ccccc2)c1. The Bertz CT molecular complexity index is 1700. The molecule has 4 aromatic rings. The number of ether oxygens (including phenoxy) is 1. The Hall–Kier alpha value is -4.87. The number of hydrogen-bond acceptors (Lipinski definition) is 6. The third-order valence-corrected chi connectivity index (χ3v) is 7.61. The summed E-state index contributed by atoms with van der Waals surface area (Å²) in [7, 11) is 7.77. The summed E-state index contributed by atoms with van der Waals surface area (Å²) in [6.45, 7) is 3.23. The number of ketones is 1. The molecular weight excluding hydrogens is 603 g/mol. The van der Waals surface area contributed by atoms with Crippen molar-refractivity contribution in [3.63, 3.8) is 0 Å².